The van der Waals surface area contributed by atoms with Gasteiger partial charge in [0.05, 0.1) is 11.0 Å². The van der Waals surface area contributed by atoms with Gasteiger partial charge in [0.25, 0.3) is 0 Å². The number of rotatable bonds is 3. The Labute approximate surface area is 149 Å². The number of ether oxygens (including phenoxy) is 1. The van der Waals surface area contributed by atoms with Gasteiger partial charge in [0.2, 0.25) is 5.88 Å². The number of aryl methyl sites for hydroxylation is 3. The van der Waals surface area contributed by atoms with E-state index in [0.717, 1.165) is 44.0 Å². The molecule has 124 valence electrons. The van der Waals surface area contributed by atoms with Gasteiger partial charge in [-0.1, -0.05) is 6.07 Å². The summed E-state index contributed by atoms with van der Waals surface area (Å²) in [5, 5.41) is 0. The molecule has 0 aliphatic heterocycles. The lowest BCUT2D eigenvalue weighted by Crippen LogP contribution is -1.97. The second-order valence-electron chi connectivity index (χ2n) is 5.81. The molecule has 4 aromatic rings. The summed E-state index contributed by atoms with van der Waals surface area (Å²) >= 11 is 1.53. The highest BCUT2D eigenvalue weighted by Crippen LogP contribution is 2.34. The zero-order valence-corrected chi connectivity index (χ0v) is 15.0. The maximum Gasteiger partial charge on any atom is 0.238 e. The van der Waals surface area contributed by atoms with Crippen molar-refractivity contribution in [1.29, 1.82) is 0 Å². The fourth-order valence-corrected chi connectivity index (χ4v) is 3.62. The minimum atomic E-state index is 0.586. The highest BCUT2D eigenvalue weighted by atomic mass is 32.1. The van der Waals surface area contributed by atoms with Gasteiger partial charge in [-0.3, -0.25) is 0 Å². The van der Waals surface area contributed by atoms with Crippen molar-refractivity contribution >= 4 is 21.6 Å². The summed E-state index contributed by atoms with van der Waals surface area (Å²) in [5.41, 5.74) is 7.95. The Balaban J connectivity index is 1.72. The summed E-state index contributed by atoms with van der Waals surface area (Å²) in [7, 11) is 0. The SMILES string of the molecule is Cc1cc(Oc2nccc3ncsc23)ccc1-c1c(C)ncnc1C. The average Bonchev–Trinajstić information content (AvgIpc) is 3.06. The van der Waals surface area contributed by atoms with E-state index in [9.17, 15) is 0 Å². The molecule has 0 atom stereocenters. The van der Waals surface area contributed by atoms with Crippen molar-refractivity contribution in [2.45, 2.75) is 20.8 Å². The molecular formula is C19H16N4OS. The van der Waals surface area contributed by atoms with E-state index in [2.05, 4.69) is 32.9 Å². The molecule has 0 fully saturated rings. The lowest BCUT2D eigenvalue weighted by molar-refractivity contribution is 0.469. The Kier molecular flexibility index (Phi) is 3.89. The molecule has 1 aromatic carbocycles. The first-order valence-corrected chi connectivity index (χ1v) is 8.76. The number of fused-ring (bicyclic) bond motifs is 1. The van der Waals surface area contributed by atoms with Crippen LogP contribution in [0.1, 0.15) is 17.0 Å². The Morgan fingerprint density at radius 2 is 1.72 bits per heavy atom. The lowest BCUT2D eigenvalue weighted by atomic mass is 9.98. The first-order valence-electron chi connectivity index (χ1n) is 7.89. The fraction of sp³-hybridized carbons (Fsp3) is 0.158. The highest BCUT2D eigenvalue weighted by Gasteiger charge is 2.12. The number of benzene rings is 1. The van der Waals surface area contributed by atoms with Gasteiger partial charge in [0, 0.05) is 23.1 Å². The molecule has 3 aromatic heterocycles. The van der Waals surface area contributed by atoms with Gasteiger partial charge in [0.15, 0.2) is 0 Å². The lowest BCUT2D eigenvalue weighted by Gasteiger charge is -2.13. The number of hydrogen-bond acceptors (Lipinski definition) is 6. The molecule has 0 radical (unpaired) electrons. The first kappa shape index (κ1) is 15.7. The Morgan fingerprint density at radius 1 is 0.920 bits per heavy atom. The molecule has 0 saturated heterocycles. The quantitative estimate of drug-likeness (QED) is 0.529. The van der Waals surface area contributed by atoms with Crippen molar-refractivity contribution in [2.75, 3.05) is 0 Å². The molecule has 25 heavy (non-hydrogen) atoms. The largest absolute Gasteiger partial charge is 0.438 e. The van der Waals surface area contributed by atoms with Gasteiger partial charge >= 0.3 is 0 Å². The zero-order valence-electron chi connectivity index (χ0n) is 14.1. The van der Waals surface area contributed by atoms with Crippen LogP contribution in [0.15, 0.2) is 42.3 Å². The summed E-state index contributed by atoms with van der Waals surface area (Å²) in [4.78, 5) is 17.3. The van der Waals surface area contributed by atoms with E-state index in [1.165, 1.54) is 11.3 Å². The third-order valence-electron chi connectivity index (χ3n) is 4.12. The topological polar surface area (TPSA) is 60.8 Å². The van der Waals surface area contributed by atoms with Crippen LogP contribution in [-0.4, -0.2) is 19.9 Å². The van der Waals surface area contributed by atoms with Gasteiger partial charge in [-0.25, -0.2) is 19.9 Å². The molecule has 0 bridgehead atoms. The number of aromatic nitrogens is 4. The van der Waals surface area contributed by atoms with Gasteiger partial charge < -0.3 is 4.74 Å². The molecule has 0 unspecified atom stereocenters. The average molecular weight is 348 g/mol. The summed E-state index contributed by atoms with van der Waals surface area (Å²) in [6, 6.07) is 7.91. The van der Waals surface area contributed by atoms with E-state index in [4.69, 9.17) is 4.74 Å². The maximum atomic E-state index is 6.01. The van der Waals surface area contributed by atoms with Crippen molar-refractivity contribution in [3.05, 3.63) is 59.3 Å². The molecule has 0 N–H and O–H groups in total. The van der Waals surface area contributed by atoms with Crippen molar-refractivity contribution in [2.24, 2.45) is 0 Å². The highest BCUT2D eigenvalue weighted by molar-refractivity contribution is 7.17. The van der Waals surface area contributed by atoms with Crippen molar-refractivity contribution < 1.29 is 4.74 Å². The van der Waals surface area contributed by atoms with Crippen LogP contribution >= 0.6 is 11.3 Å². The zero-order chi connectivity index (χ0) is 17.4. The van der Waals surface area contributed by atoms with Gasteiger partial charge in [-0.05, 0) is 50.1 Å². The Bertz CT molecular complexity index is 1050. The van der Waals surface area contributed by atoms with E-state index in [0.29, 0.717) is 5.88 Å². The minimum Gasteiger partial charge on any atom is -0.438 e. The number of pyridine rings is 1. The van der Waals surface area contributed by atoms with Gasteiger partial charge in [-0.2, -0.15) is 0 Å². The molecule has 0 amide bonds. The number of thiazole rings is 1. The summed E-state index contributed by atoms with van der Waals surface area (Å²) in [5.74, 6) is 1.34. The van der Waals surface area contributed by atoms with Crippen LogP contribution in [-0.2, 0) is 0 Å². The molecule has 0 saturated carbocycles. The van der Waals surface area contributed by atoms with Crippen molar-refractivity contribution in [3.63, 3.8) is 0 Å². The first-order chi connectivity index (χ1) is 12.1. The van der Waals surface area contributed by atoms with E-state index >= 15 is 0 Å². The molecule has 0 spiro atoms. The molecule has 6 heteroatoms. The number of nitrogens with zero attached hydrogens (tertiary/aromatic N) is 4. The molecule has 0 aliphatic rings. The second-order valence-corrected chi connectivity index (χ2v) is 6.67. The third kappa shape index (κ3) is 2.85. The minimum absolute atomic E-state index is 0.586. The normalized spacial score (nSPS) is 11.0. The van der Waals surface area contributed by atoms with Crippen LogP contribution in [0, 0.1) is 20.8 Å². The Morgan fingerprint density at radius 3 is 2.48 bits per heavy atom. The van der Waals surface area contributed by atoms with Crippen LogP contribution < -0.4 is 4.74 Å². The van der Waals surface area contributed by atoms with E-state index in [1.54, 1.807) is 18.0 Å². The molecule has 0 aliphatic carbocycles. The summed E-state index contributed by atoms with van der Waals surface area (Å²) in [6.45, 7) is 6.07. The van der Waals surface area contributed by atoms with E-state index in [1.807, 2.05) is 32.0 Å². The predicted molar refractivity (Wildman–Crippen MR) is 99.2 cm³/mol. The predicted octanol–water partition coefficient (Wildman–Crippen LogP) is 4.87. The molecular weight excluding hydrogens is 332 g/mol. The van der Waals surface area contributed by atoms with Gasteiger partial charge in [0.1, 0.15) is 16.8 Å². The molecule has 5 nitrogen and oxygen atoms in total. The maximum absolute atomic E-state index is 6.01. The smallest absolute Gasteiger partial charge is 0.238 e. The standard InChI is InChI=1S/C19H16N4OS/c1-11-8-14(24-19-18-16(6-7-20-19)23-10-25-18)4-5-15(11)17-12(2)21-9-22-13(17)3/h4-10H,1-3H3. The molecule has 3 heterocycles. The van der Waals surface area contributed by atoms with Crippen LogP contribution in [0.3, 0.4) is 0 Å². The van der Waals surface area contributed by atoms with Gasteiger partial charge in [-0.15, -0.1) is 11.3 Å². The van der Waals surface area contributed by atoms with Crippen molar-refractivity contribution in [1.82, 2.24) is 19.9 Å². The second kappa shape index (κ2) is 6.22. The Hall–Kier alpha value is -2.86. The summed E-state index contributed by atoms with van der Waals surface area (Å²) < 4.78 is 6.96. The molecule has 4 rings (SSSR count). The number of hydrogen-bond donors (Lipinski definition) is 0. The third-order valence-corrected chi connectivity index (χ3v) is 4.95. The van der Waals surface area contributed by atoms with Crippen LogP contribution in [0.5, 0.6) is 11.6 Å². The fourth-order valence-electron chi connectivity index (χ4n) is 2.91. The monoisotopic (exact) mass is 348 g/mol. The summed E-state index contributed by atoms with van der Waals surface area (Å²) in [6.07, 6.45) is 3.31. The van der Waals surface area contributed by atoms with Crippen molar-refractivity contribution in [3.8, 4) is 22.8 Å². The van der Waals surface area contributed by atoms with E-state index < -0.39 is 0 Å². The van der Waals surface area contributed by atoms with Crippen LogP contribution in [0.2, 0.25) is 0 Å². The van der Waals surface area contributed by atoms with Crippen LogP contribution in [0.4, 0.5) is 0 Å². The van der Waals surface area contributed by atoms with Crippen LogP contribution in [0.25, 0.3) is 21.3 Å². The van der Waals surface area contributed by atoms with E-state index in [-0.39, 0.29) is 0 Å².